The minimum Gasteiger partial charge on any atom is -0.467 e. The van der Waals surface area contributed by atoms with Crippen LogP contribution < -0.4 is 0 Å². The van der Waals surface area contributed by atoms with E-state index in [4.69, 9.17) is 8.83 Å². The van der Waals surface area contributed by atoms with Crippen molar-refractivity contribution in [3.05, 3.63) is 48.3 Å². The van der Waals surface area contributed by atoms with Gasteiger partial charge in [-0.15, -0.1) is 0 Å². The number of carbonyl (C=O) groups excluding carboxylic acids is 1. The van der Waals surface area contributed by atoms with Crippen LogP contribution in [0, 0.1) is 0 Å². The average Bonchev–Trinajstić information content (AvgIpc) is 2.88. The van der Waals surface area contributed by atoms with Crippen LogP contribution in [-0.2, 0) is 17.9 Å². The molecule has 2 heterocycles. The van der Waals surface area contributed by atoms with Gasteiger partial charge < -0.3 is 13.7 Å². The molecule has 0 fully saturated rings. The summed E-state index contributed by atoms with van der Waals surface area (Å²) in [4.78, 5) is 13.1. The van der Waals surface area contributed by atoms with Crippen LogP contribution in [0.15, 0.2) is 45.6 Å². The predicted octanol–water partition coefficient (Wildman–Crippen LogP) is 2.42. The standard InChI is InChI=1S/C12H13NO3/c1-10(14)13(8-11-4-2-6-15-11)9-12-5-3-7-16-12/h2-7H,8-9H2,1H3. The van der Waals surface area contributed by atoms with Crippen molar-refractivity contribution in [3.63, 3.8) is 0 Å². The zero-order valence-electron chi connectivity index (χ0n) is 9.05. The largest absolute Gasteiger partial charge is 0.467 e. The Balaban J connectivity index is 2.03. The molecule has 4 nitrogen and oxygen atoms in total. The van der Waals surface area contributed by atoms with E-state index in [1.807, 2.05) is 12.1 Å². The van der Waals surface area contributed by atoms with E-state index >= 15 is 0 Å². The molecule has 4 heteroatoms. The molecule has 0 N–H and O–H groups in total. The van der Waals surface area contributed by atoms with Crippen LogP contribution >= 0.6 is 0 Å². The molecule has 0 aliphatic carbocycles. The molecule has 2 aromatic rings. The Labute approximate surface area is 93.5 Å². The van der Waals surface area contributed by atoms with E-state index in [0.717, 1.165) is 11.5 Å². The Morgan fingerprint density at radius 2 is 1.62 bits per heavy atom. The number of nitrogens with zero attached hydrogens (tertiary/aromatic N) is 1. The van der Waals surface area contributed by atoms with Gasteiger partial charge in [0.05, 0.1) is 25.6 Å². The summed E-state index contributed by atoms with van der Waals surface area (Å²) in [6.45, 7) is 2.46. The molecule has 16 heavy (non-hydrogen) atoms. The Kier molecular flexibility index (Phi) is 3.10. The van der Waals surface area contributed by atoms with Gasteiger partial charge in [0.15, 0.2) is 0 Å². The second-order valence-corrected chi connectivity index (χ2v) is 3.53. The fourth-order valence-electron chi connectivity index (χ4n) is 1.46. The van der Waals surface area contributed by atoms with E-state index in [1.54, 1.807) is 29.6 Å². The van der Waals surface area contributed by atoms with Crippen molar-refractivity contribution in [3.8, 4) is 0 Å². The van der Waals surface area contributed by atoms with Gasteiger partial charge >= 0.3 is 0 Å². The van der Waals surface area contributed by atoms with Gasteiger partial charge in [-0.3, -0.25) is 4.79 Å². The SMILES string of the molecule is CC(=O)N(Cc1ccco1)Cc1ccco1. The van der Waals surface area contributed by atoms with Crippen molar-refractivity contribution in [1.82, 2.24) is 4.90 Å². The van der Waals surface area contributed by atoms with Crippen LogP contribution in [-0.4, -0.2) is 10.8 Å². The zero-order valence-corrected chi connectivity index (χ0v) is 9.05. The quantitative estimate of drug-likeness (QED) is 0.793. The zero-order chi connectivity index (χ0) is 11.4. The Morgan fingerprint density at radius 1 is 1.12 bits per heavy atom. The lowest BCUT2D eigenvalue weighted by Gasteiger charge is -2.18. The Morgan fingerprint density at radius 3 is 1.94 bits per heavy atom. The molecule has 0 atom stereocenters. The van der Waals surface area contributed by atoms with E-state index in [0.29, 0.717) is 13.1 Å². The Bertz CT molecular complexity index is 395. The number of amides is 1. The van der Waals surface area contributed by atoms with Crippen molar-refractivity contribution in [1.29, 1.82) is 0 Å². The number of carbonyl (C=O) groups is 1. The third kappa shape index (κ3) is 2.53. The lowest BCUT2D eigenvalue weighted by molar-refractivity contribution is -0.130. The molecule has 2 rings (SSSR count). The smallest absolute Gasteiger partial charge is 0.220 e. The monoisotopic (exact) mass is 219 g/mol. The molecule has 84 valence electrons. The van der Waals surface area contributed by atoms with Crippen molar-refractivity contribution in [2.45, 2.75) is 20.0 Å². The van der Waals surface area contributed by atoms with Crippen LogP contribution in [0.2, 0.25) is 0 Å². The van der Waals surface area contributed by atoms with Gasteiger partial charge in [-0.2, -0.15) is 0 Å². The first kappa shape index (κ1) is 10.5. The molecule has 2 aromatic heterocycles. The van der Waals surface area contributed by atoms with Gasteiger partial charge in [0.2, 0.25) is 5.91 Å². The lowest BCUT2D eigenvalue weighted by Crippen LogP contribution is -2.27. The first-order valence-corrected chi connectivity index (χ1v) is 5.06. The molecular formula is C12H13NO3. The van der Waals surface area contributed by atoms with Crippen LogP contribution in [0.1, 0.15) is 18.4 Å². The highest BCUT2D eigenvalue weighted by atomic mass is 16.3. The van der Waals surface area contributed by atoms with Crippen LogP contribution in [0.4, 0.5) is 0 Å². The highest BCUT2D eigenvalue weighted by Gasteiger charge is 2.12. The fourth-order valence-corrected chi connectivity index (χ4v) is 1.46. The molecule has 0 saturated carbocycles. The van der Waals surface area contributed by atoms with E-state index in [1.165, 1.54) is 6.92 Å². The third-order valence-corrected chi connectivity index (χ3v) is 2.30. The van der Waals surface area contributed by atoms with Crippen molar-refractivity contribution in [2.75, 3.05) is 0 Å². The van der Waals surface area contributed by atoms with E-state index in [-0.39, 0.29) is 5.91 Å². The number of hydrogen-bond acceptors (Lipinski definition) is 3. The number of rotatable bonds is 4. The van der Waals surface area contributed by atoms with Crippen molar-refractivity contribution in [2.24, 2.45) is 0 Å². The van der Waals surface area contributed by atoms with Crippen LogP contribution in [0.5, 0.6) is 0 Å². The molecule has 0 bridgehead atoms. The molecule has 0 aromatic carbocycles. The summed E-state index contributed by atoms with van der Waals surface area (Å²) in [6, 6.07) is 7.30. The first-order valence-electron chi connectivity index (χ1n) is 5.06. The molecule has 0 unspecified atom stereocenters. The minimum absolute atomic E-state index is 0.00667. The van der Waals surface area contributed by atoms with Crippen LogP contribution in [0.3, 0.4) is 0 Å². The van der Waals surface area contributed by atoms with Crippen molar-refractivity contribution >= 4 is 5.91 Å². The summed E-state index contributed by atoms with van der Waals surface area (Å²) < 4.78 is 10.4. The minimum atomic E-state index is -0.00667. The highest BCUT2D eigenvalue weighted by Crippen LogP contribution is 2.10. The molecule has 1 amide bonds. The maximum Gasteiger partial charge on any atom is 0.220 e. The maximum atomic E-state index is 11.4. The van der Waals surface area contributed by atoms with E-state index in [9.17, 15) is 4.79 Å². The third-order valence-electron chi connectivity index (χ3n) is 2.30. The van der Waals surface area contributed by atoms with Crippen molar-refractivity contribution < 1.29 is 13.6 Å². The fraction of sp³-hybridized carbons (Fsp3) is 0.250. The molecule has 0 radical (unpaired) electrons. The van der Waals surface area contributed by atoms with E-state index in [2.05, 4.69) is 0 Å². The van der Waals surface area contributed by atoms with Gasteiger partial charge in [0, 0.05) is 6.92 Å². The molecule has 0 saturated heterocycles. The summed E-state index contributed by atoms with van der Waals surface area (Å²) >= 11 is 0. The normalized spacial score (nSPS) is 10.3. The van der Waals surface area contributed by atoms with Gasteiger partial charge in [-0.05, 0) is 24.3 Å². The summed E-state index contributed by atoms with van der Waals surface area (Å²) in [5.41, 5.74) is 0. The lowest BCUT2D eigenvalue weighted by atomic mass is 10.3. The first-order chi connectivity index (χ1) is 7.75. The average molecular weight is 219 g/mol. The summed E-state index contributed by atoms with van der Waals surface area (Å²) in [7, 11) is 0. The van der Waals surface area contributed by atoms with Gasteiger partial charge in [-0.25, -0.2) is 0 Å². The number of furan rings is 2. The second-order valence-electron chi connectivity index (χ2n) is 3.53. The molecule has 0 aliphatic heterocycles. The topological polar surface area (TPSA) is 46.6 Å². The predicted molar refractivity (Wildman–Crippen MR) is 57.3 cm³/mol. The molecule has 0 aliphatic rings. The molecule has 0 spiro atoms. The molecular weight excluding hydrogens is 206 g/mol. The number of hydrogen-bond donors (Lipinski definition) is 0. The summed E-state index contributed by atoms with van der Waals surface area (Å²) in [5, 5.41) is 0. The maximum absolute atomic E-state index is 11.4. The highest BCUT2D eigenvalue weighted by molar-refractivity contribution is 5.73. The van der Waals surface area contributed by atoms with E-state index < -0.39 is 0 Å². The van der Waals surface area contributed by atoms with Gasteiger partial charge in [0.1, 0.15) is 11.5 Å². The summed E-state index contributed by atoms with van der Waals surface area (Å²) in [6.07, 6.45) is 3.20. The summed E-state index contributed by atoms with van der Waals surface area (Å²) in [5.74, 6) is 1.52. The Hall–Kier alpha value is -1.97. The van der Waals surface area contributed by atoms with Gasteiger partial charge in [-0.1, -0.05) is 0 Å². The second kappa shape index (κ2) is 4.70. The van der Waals surface area contributed by atoms with Crippen LogP contribution in [0.25, 0.3) is 0 Å². The van der Waals surface area contributed by atoms with Gasteiger partial charge in [0.25, 0.3) is 0 Å².